The van der Waals surface area contributed by atoms with E-state index in [4.69, 9.17) is 0 Å². The summed E-state index contributed by atoms with van der Waals surface area (Å²) in [6.45, 7) is 8.35. The first-order chi connectivity index (χ1) is 5.84. The molecule has 2 nitrogen and oxygen atoms in total. The highest BCUT2D eigenvalue weighted by Crippen LogP contribution is 2.44. The predicted octanol–water partition coefficient (Wildman–Crippen LogP) is 1.86. The van der Waals surface area contributed by atoms with Crippen LogP contribution in [0.4, 0.5) is 0 Å². The Labute approximate surface area is 85.9 Å². The molecule has 0 bridgehead atoms. The van der Waals surface area contributed by atoms with Crippen molar-refractivity contribution >= 4 is 18.5 Å². The molecule has 0 radical (unpaired) electrons. The second-order valence-corrected chi connectivity index (χ2v) is 5.50. The molecule has 0 aromatic carbocycles. The molecule has 1 rings (SSSR count). The minimum Gasteiger partial charge on any atom is -0.352 e. The third kappa shape index (κ3) is 2.63. The molecule has 0 heterocycles. The largest absolute Gasteiger partial charge is 0.352 e. The first kappa shape index (κ1) is 10.9. The second-order valence-electron chi connectivity index (χ2n) is 4.94. The summed E-state index contributed by atoms with van der Waals surface area (Å²) in [5, 5.41) is 2.84. The Morgan fingerprint density at radius 3 is 2.31 bits per heavy atom. The van der Waals surface area contributed by atoms with Crippen molar-refractivity contribution < 1.29 is 4.79 Å². The number of carbonyl (C=O) groups is 1. The zero-order valence-corrected chi connectivity index (χ0v) is 9.69. The Morgan fingerprint density at radius 2 is 2.00 bits per heavy atom. The van der Waals surface area contributed by atoms with E-state index in [-0.39, 0.29) is 11.2 Å². The first-order valence-electron chi connectivity index (χ1n) is 4.83. The van der Waals surface area contributed by atoms with Crippen molar-refractivity contribution in [2.75, 3.05) is 0 Å². The summed E-state index contributed by atoms with van der Waals surface area (Å²) in [6.07, 6.45) is 1.09. The van der Waals surface area contributed by atoms with E-state index in [1.807, 2.05) is 13.8 Å². The number of hydrogen-bond acceptors (Lipinski definition) is 2. The molecule has 1 fully saturated rings. The minimum atomic E-state index is -0.170. The fourth-order valence-corrected chi connectivity index (χ4v) is 1.35. The summed E-state index contributed by atoms with van der Waals surface area (Å²) < 4.78 is 0. The highest BCUT2D eigenvalue weighted by Gasteiger charge is 2.47. The van der Waals surface area contributed by atoms with Gasteiger partial charge in [-0.05, 0) is 17.8 Å². The number of rotatable bonds is 3. The van der Waals surface area contributed by atoms with E-state index in [0.29, 0.717) is 17.4 Å². The van der Waals surface area contributed by atoms with Crippen molar-refractivity contribution in [1.82, 2.24) is 5.32 Å². The quantitative estimate of drug-likeness (QED) is 0.670. The van der Waals surface area contributed by atoms with Gasteiger partial charge in [0.15, 0.2) is 0 Å². The molecule has 0 saturated heterocycles. The first-order valence-corrected chi connectivity index (χ1v) is 5.34. The van der Waals surface area contributed by atoms with Gasteiger partial charge in [0.1, 0.15) is 0 Å². The molecule has 13 heavy (non-hydrogen) atoms. The Hall–Kier alpha value is -0.180. The van der Waals surface area contributed by atoms with Gasteiger partial charge in [-0.1, -0.05) is 27.7 Å². The van der Waals surface area contributed by atoms with Crippen LogP contribution in [0, 0.1) is 11.3 Å². The van der Waals surface area contributed by atoms with Gasteiger partial charge in [0.2, 0.25) is 5.91 Å². The van der Waals surface area contributed by atoms with E-state index < -0.39 is 0 Å². The molecule has 2 atom stereocenters. The van der Waals surface area contributed by atoms with E-state index in [2.05, 4.69) is 31.8 Å². The van der Waals surface area contributed by atoms with Crippen molar-refractivity contribution in [3.05, 3.63) is 0 Å². The number of amides is 1. The van der Waals surface area contributed by atoms with Gasteiger partial charge in [-0.25, -0.2) is 0 Å². The van der Waals surface area contributed by atoms with E-state index >= 15 is 0 Å². The lowest BCUT2D eigenvalue weighted by Gasteiger charge is -2.15. The van der Waals surface area contributed by atoms with Gasteiger partial charge in [0.05, 0.1) is 5.25 Å². The van der Waals surface area contributed by atoms with Crippen molar-refractivity contribution in [3.63, 3.8) is 0 Å². The third-order valence-electron chi connectivity index (χ3n) is 2.73. The van der Waals surface area contributed by atoms with Crippen molar-refractivity contribution in [1.29, 1.82) is 0 Å². The third-order valence-corrected chi connectivity index (χ3v) is 3.56. The predicted molar refractivity (Wildman–Crippen MR) is 57.9 cm³/mol. The zero-order valence-electron chi connectivity index (χ0n) is 8.79. The maximum Gasteiger partial charge on any atom is 0.233 e. The Balaban J connectivity index is 2.35. The SMILES string of the molecule is CC(C)C(S)C(=O)NC1CC1(C)C. The summed E-state index contributed by atoms with van der Waals surface area (Å²) in [7, 11) is 0. The summed E-state index contributed by atoms with van der Waals surface area (Å²) in [5.41, 5.74) is 0.306. The fourth-order valence-electron chi connectivity index (χ4n) is 1.27. The molecule has 0 aromatic rings. The van der Waals surface area contributed by atoms with Crippen LogP contribution in [0.1, 0.15) is 34.1 Å². The summed E-state index contributed by atoms with van der Waals surface area (Å²) in [4.78, 5) is 11.5. The van der Waals surface area contributed by atoms with E-state index in [1.54, 1.807) is 0 Å². The number of thiol groups is 1. The van der Waals surface area contributed by atoms with Gasteiger partial charge in [-0.3, -0.25) is 4.79 Å². The summed E-state index contributed by atoms with van der Waals surface area (Å²) in [5.74, 6) is 0.374. The van der Waals surface area contributed by atoms with E-state index in [0.717, 1.165) is 6.42 Å². The van der Waals surface area contributed by atoms with Crippen molar-refractivity contribution in [2.45, 2.75) is 45.4 Å². The maximum atomic E-state index is 11.5. The van der Waals surface area contributed by atoms with Crippen LogP contribution in [-0.2, 0) is 4.79 Å². The normalized spacial score (nSPS) is 27.1. The average Bonchev–Trinajstić information content (AvgIpc) is 2.56. The molecule has 76 valence electrons. The molecular weight excluding hydrogens is 182 g/mol. The lowest BCUT2D eigenvalue weighted by Crippen LogP contribution is -2.37. The highest BCUT2D eigenvalue weighted by atomic mass is 32.1. The van der Waals surface area contributed by atoms with Crippen molar-refractivity contribution in [3.8, 4) is 0 Å². The molecule has 1 N–H and O–H groups in total. The zero-order chi connectivity index (χ0) is 10.2. The monoisotopic (exact) mass is 201 g/mol. The van der Waals surface area contributed by atoms with Gasteiger partial charge in [-0.15, -0.1) is 0 Å². The van der Waals surface area contributed by atoms with Crippen molar-refractivity contribution in [2.24, 2.45) is 11.3 Å². The molecule has 0 spiro atoms. The van der Waals surface area contributed by atoms with Gasteiger partial charge in [0.25, 0.3) is 0 Å². The number of nitrogens with one attached hydrogen (secondary N) is 1. The average molecular weight is 201 g/mol. The molecule has 1 aliphatic rings. The van der Waals surface area contributed by atoms with E-state index in [1.165, 1.54) is 0 Å². The minimum absolute atomic E-state index is 0.0777. The summed E-state index contributed by atoms with van der Waals surface area (Å²) >= 11 is 4.27. The van der Waals surface area contributed by atoms with Gasteiger partial charge < -0.3 is 5.32 Å². The lowest BCUT2D eigenvalue weighted by atomic mass is 10.1. The van der Waals surface area contributed by atoms with Crippen LogP contribution in [0.2, 0.25) is 0 Å². The molecular formula is C10H19NOS. The lowest BCUT2D eigenvalue weighted by molar-refractivity contribution is -0.121. The Bertz CT molecular complexity index is 213. The fraction of sp³-hybridized carbons (Fsp3) is 0.900. The standard InChI is InChI=1S/C10H19NOS/c1-6(2)8(13)9(12)11-7-5-10(7,3)4/h6-8,13H,5H2,1-4H3,(H,11,12). The topological polar surface area (TPSA) is 29.1 Å². The molecule has 1 saturated carbocycles. The van der Waals surface area contributed by atoms with Crippen LogP contribution in [0.5, 0.6) is 0 Å². The molecule has 0 aromatic heterocycles. The number of carbonyl (C=O) groups excluding carboxylic acids is 1. The van der Waals surface area contributed by atoms with Gasteiger partial charge in [-0.2, -0.15) is 12.6 Å². The van der Waals surface area contributed by atoms with Gasteiger partial charge in [0, 0.05) is 6.04 Å². The molecule has 0 aliphatic heterocycles. The van der Waals surface area contributed by atoms with Crippen LogP contribution in [0.3, 0.4) is 0 Å². The van der Waals surface area contributed by atoms with Crippen LogP contribution in [0.25, 0.3) is 0 Å². The van der Waals surface area contributed by atoms with Crippen LogP contribution < -0.4 is 5.32 Å². The maximum absolute atomic E-state index is 11.5. The highest BCUT2D eigenvalue weighted by molar-refractivity contribution is 7.81. The second kappa shape index (κ2) is 3.52. The molecule has 3 heteroatoms. The number of hydrogen-bond donors (Lipinski definition) is 2. The molecule has 1 amide bonds. The van der Waals surface area contributed by atoms with Gasteiger partial charge >= 0.3 is 0 Å². The smallest absolute Gasteiger partial charge is 0.233 e. The van der Waals surface area contributed by atoms with Crippen LogP contribution in [-0.4, -0.2) is 17.2 Å². The van der Waals surface area contributed by atoms with Crippen LogP contribution >= 0.6 is 12.6 Å². The Morgan fingerprint density at radius 1 is 1.54 bits per heavy atom. The summed E-state index contributed by atoms with van der Waals surface area (Å²) in [6, 6.07) is 0.369. The van der Waals surface area contributed by atoms with E-state index in [9.17, 15) is 4.79 Å². The molecule has 1 aliphatic carbocycles. The molecule has 2 unspecified atom stereocenters. The van der Waals surface area contributed by atoms with Crippen LogP contribution in [0.15, 0.2) is 0 Å². The Kier molecular flexibility index (Phi) is 2.95.